The van der Waals surface area contributed by atoms with Crippen molar-refractivity contribution in [3.63, 3.8) is 0 Å². The first-order chi connectivity index (χ1) is 19.4. The van der Waals surface area contributed by atoms with E-state index in [1.165, 1.54) is 23.4 Å². The minimum atomic E-state index is -4.67. The predicted octanol–water partition coefficient (Wildman–Crippen LogP) is 6.43. The molecule has 3 heterocycles. The third kappa shape index (κ3) is 6.81. The average molecular weight is 581 g/mol. The van der Waals surface area contributed by atoms with E-state index in [0.29, 0.717) is 45.6 Å². The zero-order chi connectivity index (χ0) is 29.4. The summed E-state index contributed by atoms with van der Waals surface area (Å²) in [5.41, 5.74) is 1.99. The van der Waals surface area contributed by atoms with Crippen LogP contribution in [0.2, 0.25) is 0 Å². The number of halogens is 7. The Morgan fingerprint density at radius 2 is 1.68 bits per heavy atom. The minimum absolute atomic E-state index is 0.0723. The van der Waals surface area contributed by atoms with Gasteiger partial charge in [-0.05, 0) is 48.7 Å². The Labute approximate surface area is 229 Å². The number of benzene rings is 2. The SMILES string of the molecule is CC(Nc1ncnc2c(OC3CCN(CC(F)(F)F)C3)cc(-c3ccc(F)cc3)cc12)c1cnc(C(F)(F)F)nc1. The largest absolute Gasteiger partial charge is 0.487 e. The number of ether oxygens (including phenoxy) is 1. The van der Waals surface area contributed by atoms with E-state index in [4.69, 9.17) is 4.74 Å². The van der Waals surface area contributed by atoms with Crippen LogP contribution >= 0.6 is 0 Å². The predicted molar refractivity (Wildman–Crippen MR) is 136 cm³/mol. The standard InChI is InChI=1S/C27H23F7N6O/c1-15(18-10-35-25(36-11-18)27(32,33)34)39-24-21-8-17(16-2-4-19(28)5-3-16)9-22(23(21)37-14-38-24)41-20-6-7-40(12-20)13-26(29,30)31/h2-5,8-11,14-15,20H,6-7,12-13H2,1H3,(H,37,38,39). The molecule has 2 unspecified atom stereocenters. The van der Waals surface area contributed by atoms with Crippen molar-refractivity contribution in [3.05, 3.63) is 72.3 Å². The third-order valence-corrected chi connectivity index (χ3v) is 6.59. The van der Waals surface area contributed by atoms with Gasteiger partial charge in [-0.2, -0.15) is 26.3 Å². The number of hydrogen-bond acceptors (Lipinski definition) is 7. The van der Waals surface area contributed by atoms with E-state index in [1.807, 2.05) is 0 Å². The maximum absolute atomic E-state index is 13.6. The number of likely N-dealkylation sites (tertiary alicyclic amines) is 1. The summed E-state index contributed by atoms with van der Waals surface area (Å²) >= 11 is 0. The second-order valence-corrected chi connectivity index (χ2v) is 9.68. The minimum Gasteiger partial charge on any atom is -0.487 e. The van der Waals surface area contributed by atoms with Gasteiger partial charge >= 0.3 is 12.4 Å². The normalized spacial score (nSPS) is 17.1. The van der Waals surface area contributed by atoms with Crippen LogP contribution in [0, 0.1) is 5.82 Å². The molecular formula is C27H23F7N6O. The Kier molecular flexibility index (Phi) is 7.68. The second-order valence-electron chi connectivity index (χ2n) is 9.68. The molecule has 2 aromatic carbocycles. The Balaban J connectivity index is 1.48. The van der Waals surface area contributed by atoms with Crippen LogP contribution in [-0.4, -0.2) is 56.8 Å². The molecule has 1 saturated heterocycles. The van der Waals surface area contributed by atoms with Crippen molar-refractivity contribution in [1.82, 2.24) is 24.8 Å². The molecular weight excluding hydrogens is 557 g/mol. The highest BCUT2D eigenvalue weighted by atomic mass is 19.4. The molecule has 0 saturated carbocycles. The van der Waals surface area contributed by atoms with E-state index >= 15 is 0 Å². The molecule has 0 spiro atoms. The molecule has 1 aliphatic heterocycles. The number of fused-ring (bicyclic) bond motifs is 1. The maximum Gasteiger partial charge on any atom is 0.451 e. The Morgan fingerprint density at radius 1 is 0.976 bits per heavy atom. The van der Waals surface area contributed by atoms with E-state index < -0.39 is 42.7 Å². The van der Waals surface area contributed by atoms with Crippen molar-refractivity contribution < 1.29 is 35.5 Å². The molecule has 7 nitrogen and oxygen atoms in total. The molecule has 1 aliphatic rings. The van der Waals surface area contributed by atoms with Crippen molar-refractivity contribution in [2.75, 3.05) is 25.0 Å². The summed E-state index contributed by atoms with van der Waals surface area (Å²) in [5, 5.41) is 3.62. The Morgan fingerprint density at radius 3 is 2.34 bits per heavy atom. The van der Waals surface area contributed by atoms with Gasteiger partial charge in [0.25, 0.3) is 0 Å². The molecule has 0 amide bonds. The first kappa shape index (κ1) is 28.5. The first-order valence-electron chi connectivity index (χ1n) is 12.5. The molecule has 5 rings (SSSR count). The summed E-state index contributed by atoms with van der Waals surface area (Å²) in [6.07, 6.45) is -5.74. The molecule has 2 aromatic heterocycles. The lowest BCUT2D eigenvalue weighted by atomic mass is 10.0. The zero-order valence-electron chi connectivity index (χ0n) is 21.5. The molecule has 0 bridgehead atoms. The van der Waals surface area contributed by atoms with Crippen LogP contribution in [-0.2, 0) is 6.18 Å². The van der Waals surface area contributed by atoms with E-state index in [2.05, 4.69) is 25.3 Å². The van der Waals surface area contributed by atoms with E-state index in [1.54, 1.807) is 31.2 Å². The van der Waals surface area contributed by atoms with E-state index in [9.17, 15) is 30.7 Å². The molecule has 1 fully saturated rings. The monoisotopic (exact) mass is 580 g/mol. The van der Waals surface area contributed by atoms with Crippen LogP contribution in [0.3, 0.4) is 0 Å². The van der Waals surface area contributed by atoms with Crippen molar-refractivity contribution in [1.29, 1.82) is 0 Å². The smallest absolute Gasteiger partial charge is 0.451 e. The molecule has 41 heavy (non-hydrogen) atoms. The van der Waals surface area contributed by atoms with E-state index in [-0.39, 0.29) is 13.1 Å². The van der Waals surface area contributed by atoms with Crippen LogP contribution < -0.4 is 10.1 Å². The highest BCUT2D eigenvalue weighted by Gasteiger charge is 2.36. The van der Waals surface area contributed by atoms with Crippen LogP contribution in [0.5, 0.6) is 5.75 Å². The molecule has 1 N–H and O–H groups in total. The van der Waals surface area contributed by atoms with Gasteiger partial charge in [-0.15, -0.1) is 0 Å². The summed E-state index contributed by atoms with van der Waals surface area (Å²) in [5.74, 6) is -1.06. The lowest BCUT2D eigenvalue weighted by Crippen LogP contribution is -2.33. The summed E-state index contributed by atoms with van der Waals surface area (Å²) in [6.45, 7) is 0.942. The van der Waals surface area contributed by atoms with Crippen LogP contribution in [0.25, 0.3) is 22.0 Å². The number of aromatic nitrogens is 4. The third-order valence-electron chi connectivity index (χ3n) is 6.59. The first-order valence-corrected chi connectivity index (χ1v) is 12.5. The van der Waals surface area contributed by atoms with Crippen molar-refractivity contribution in [2.45, 2.75) is 37.8 Å². The molecule has 14 heteroatoms. The Bertz CT molecular complexity index is 1510. The maximum atomic E-state index is 13.6. The zero-order valence-corrected chi connectivity index (χ0v) is 21.5. The summed E-state index contributed by atoms with van der Waals surface area (Å²) < 4.78 is 97.1. The average Bonchev–Trinajstić information content (AvgIpc) is 3.34. The van der Waals surface area contributed by atoms with Gasteiger partial charge in [-0.1, -0.05) is 12.1 Å². The lowest BCUT2D eigenvalue weighted by molar-refractivity contribution is -0.145. The van der Waals surface area contributed by atoms with Gasteiger partial charge in [0.15, 0.2) is 0 Å². The topological polar surface area (TPSA) is 76.1 Å². The second kappa shape index (κ2) is 11.1. The van der Waals surface area contributed by atoms with Crippen LogP contribution in [0.1, 0.15) is 30.8 Å². The summed E-state index contributed by atoms with van der Waals surface area (Å²) in [6, 6.07) is 8.59. The van der Waals surface area contributed by atoms with Crippen molar-refractivity contribution in [3.8, 4) is 16.9 Å². The molecule has 0 radical (unpaired) electrons. The van der Waals surface area contributed by atoms with Gasteiger partial charge in [-0.3, -0.25) is 4.90 Å². The number of anilines is 1. The van der Waals surface area contributed by atoms with Gasteiger partial charge in [0.1, 0.15) is 35.3 Å². The quantitative estimate of drug-likeness (QED) is 0.253. The fourth-order valence-electron chi connectivity index (χ4n) is 4.62. The fraction of sp³-hybridized carbons (Fsp3) is 0.333. The number of hydrogen-bond donors (Lipinski definition) is 1. The van der Waals surface area contributed by atoms with Gasteiger partial charge in [0.05, 0.1) is 12.6 Å². The number of alkyl halides is 6. The fourth-order valence-corrected chi connectivity index (χ4v) is 4.62. The van der Waals surface area contributed by atoms with Gasteiger partial charge in [-0.25, -0.2) is 24.3 Å². The van der Waals surface area contributed by atoms with Crippen molar-refractivity contribution in [2.24, 2.45) is 0 Å². The van der Waals surface area contributed by atoms with E-state index in [0.717, 1.165) is 12.4 Å². The number of nitrogens with zero attached hydrogens (tertiary/aromatic N) is 5. The number of nitrogens with one attached hydrogen (secondary N) is 1. The van der Waals surface area contributed by atoms with Crippen molar-refractivity contribution >= 4 is 16.7 Å². The number of rotatable bonds is 7. The molecule has 216 valence electrons. The summed E-state index contributed by atoms with van der Waals surface area (Å²) in [7, 11) is 0. The van der Waals surface area contributed by atoms with Crippen LogP contribution in [0.15, 0.2) is 55.1 Å². The molecule has 0 aliphatic carbocycles. The highest BCUT2D eigenvalue weighted by Crippen LogP contribution is 2.37. The summed E-state index contributed by atoms with van der Waals surface area (Å²) in [4.78, 5) is 16.7. The highest BCUT2D eigenvalue weighted by molar-refractivity contribution is 5.96. The van der Waals surface area contributed by atoms with Gasteiger partial charge in [0.2, 0.25) is 5.82 Å². The molecule has 4 aromatic rings. The van der Waals surface area contributed by atoms with Crippen LogP contribution in [0.4, 0.5) is 36.6 Å². The Hall–Kier alpha value is -4.07. The van der Waals surface area contributed by atoms with Gasteiger partial charge in [0, 0.05) is 36.4 Å². The lowest BCUT2D eigenvalue weighted by Gasteiger charge is -2.20. The molecule has 2 atom stereocenters. The van der Waals surface area contributed by atoms with Gasteiger partial charge < -0.3 is 10.1 Å².